The summed E-state index contributed by atoms with van der Waals surface area (Å²) in [6, 6.07) is 0. The Morgan fingerprint density at radius 2 is 1.55 bits per heavy atom. The highest BCUT2D eigenvalue weighted by Crippen LogP contribution is 2.55. The second-order valence-electron chi connectivity index (χ2n) is 11.9. The molecule has 4 heterocycles. The molecule has 0 radical (unpaired) electrons. The fourth-order valence-corrected chi connectivity index (χ4v) is 5.68. The van der Waals surface area contributed by atoms with Gasteiger partial charge in [0.05, 0.1) is 52.9 Å². The highest BCUT2D eigenvalue weighted by Gasteiger charge is 2.64. The van der Waals surface area contributed by atoms with Gasteiger partial charge in [-0.2, -0.15) is 0 Å². The van der Waals surface area contributed by atoms with Crippen molar-refractivity contribution in [2.75, 3.05) is 6.61 Å². The van der Waals surface area contributed by atoms with Gasteiger partial charge in [0.1, 0.15) is 6.10 Å². The molecule has 8 unspecified atom stereocenters. The molecular formula is C24H40O5. The lowest BCUT2D eigenvalue weighted by atomic mass is 9.73. The van der Waals surface area contributed by atoms with Crippen LogP contribution in [0.1, 0.15) is 87.0 Å². The molecule has 0 aromatic carbocycles. The van der Waals surface area contributed by atoms with Gasteiger partial charge in [-0.15, -0.1) is 0 Å². The predicted molar refractivity (Wildman–Crippen MR) is 110 cm³/mol. The SMILES string of the molecule is CC(C)C1(OCC2OC2(C)CC2OC2(C)CCC2OC2(C)C)CCC2(C)OC2C1. The van der Waals surface area contributed by atoms with Crippen LogP contribution in [0.5, 0.6) is 0 Å². The van der Waals surface area contributed by atoms with E-state index >= 15 is 0 Å². The van der Waals surface area contributed by atoms with Crippen molar-refractivity contribution in [3.63, 3.8) is 0 Å². The molecule has 166 valence electrons. The van der Waals surface area contributed by atoms with Crippen LogP contribution < -0.4 is 0 Å². The molecule has 29 heavy (non-hydrogen) atoms. The highest BCUT2D eigenvalue weighted by molar-refractivity contribution is 5.12. The Balaban J connectivity index is 1.08. The summed E-state index contributed by atoms with van der Waals surface area (Å²) >= 11 is 0. The van der Waals surface area contributed by atoms with Gasteiger partial charge in [0.25, 0.3) is 0 Å². The van der Waals surface area contributed by atoms with Crippen molar-refractivity contribution in [3.05, 3.63) is 0 Å². The normalized spacial score (nSPS) is 54.2. The van der Waals surface area contributed by atoms with Crippen LogP contribution in [0.25, 0.3) is 0 Å². The molecule has 0 bridgehead atoms. The first kappa shape index (κ1) is 20.7. The van der Waals surface area contributed by atoms with Crippen LogP contribution in [0, 0.1) is 5.92 Å². The van der Waals surface area contributed by atoms with Gasteiger partial charge in [-0.05, 0) is 66.2 Å². The third-order valence-corrected chi connectivity index (χ3v) is 8.91. The van der Waals surface area contributed by atoms with Gasteiger partial charge < -0.3 is 23.7 Å². The smallest absolute Gasteiger partial charge is 0.110 e. The minimum atomic E-state index is -0.102. The molecule has 8 atom stereocenters. The van der Waals surface area contributed by atoms with Crippen LogP contribution in [0.2, 0.25) is 0 Å². The standard InChI is InChI=1S/C24H40O5/c1-15(2)24(11-10-22(6)18(13-24)28-22)25-14-19-23(7,29-19)12-17-21(5,27-17)9-8-16-20(3,4)26-16/h15-19H,8-14H2,1-7H3. The van der Waals surface area contributed by atoms with Crippen LogP contribution >= 0.6 is 0 Å². The first-order valence-electron chi connectivity index (χ1n) is 11.8. The molecule has 0 N–H and O–H groups in total. The summed E-state index contributed by atoms with van der Waals surface area (Å²) in [5, 5.41) is 0. The van der Waals surface area contributed by atoms with Crippen molar-refractivity contribution < 1.29 is 23.7 Å². The predicted octanol–water partition coefficient (Wildman–Crippen LogP) is 4.40. The lowest BCUT2D eigenvalue weighted by Crippen LogP contribution is -2.45. The average molecular weight is 409 g/mol. The fraction of sp³-hybridized carbons (Fsp3) is 1.00. The summed E-state index contributed by atoms with van der Waals surface area (Å²) in [6.07, 6.45) is 7.60. The molecule has 1 saturated carbocycles. The largest absolute Gasteiger partial charge is 0.372 e. The van der Waals surface area contributed by atoms with Gasteiger partial charge in [-0.1, -0.05) is 13.8 Å². The molecule has 0 amide bonds. The van der Waals surface area contributed by atoms with Gasteiger partial charge in [-0.25, -0.2) is 0 Å². The van der Waals surface area contributed by atoms with Crippen LogP contribution in [0.4, 0.5) is 0 Å². The number of ether oxygens (including phenoxy) is 5. The Hall–Kier alpha value is -0.200. The average Bonchev–Trinajstić information content (AvgIpc) is 3.55. The topological polar surface area (TPSA) is 59.4 Å². The van der Waals surface area contributed by atoms with Gasteiger partial charge in [-0.3, -0.25) is 0 Å². The second-order valence-corrected chi connectivity index (χ2v) is 11.9. The minimum absolute atomic E-state index is 0.00130. The number of fused-ring (bicyclic) bond motifs is 1. The summed E-state index contributed by atoms with van der Waals surface area (Å²) in [5.41, 5.74) is 0.0349. The zero-order valence-corrected chi connectivity index (χ0v) is 19.4. The zero-order chi connectivity index (χ0) is 20.9. The molecule has 0 aromatic rings. The van der Waals surface area contributed by atoms with Gasteiger partial charge in [0, 0.05) is 12.8 Å². The number of rotatable bonds is 9. The van der Waals surface area contributed by atoms with E-state index in [1.807, 2.05) is 0 Å². The molecule has 5 nitrogen and oxygen atoms in total. The van der Waals surface area contributed by atoms with Crippen LogP contribution in [-0.4, -0.2) is 59.0 Å². The molecular weight excluding hydrogens is 368 g/mol. The third kappa shape index (κ3) is 3.69. The summed E-state index contributed by atoms with van der Waals surface area (Å²) in [4.78, 5) is 0. The van der Waals surface area contributed by atoms with E-state index in [0.29, 0.717) is 30.8 Å². The van der Waals surface area contributed by atoms with E-state index in [4.69, 9.17) is 23.7 Å². The Kier molecular flexibility index (Phi) is 4.42. The molecule has 0 aromatic heterocycles. The second kappa shape index (κ2) is 6.19. The van der Waals surface area contributed by atoms with E-state index in [-0.39, 0.29) is 34.1 Å². The Morgan fingerprint density at radius 1 is 0.862 bits per heavy atom. The Bertz CT molecular complexity index is 678. The quantitative estimate of drug-likeness (QED) is 0.529. The fourth-order valence-electron chi connectivity index (χ4n) is 5.68. The van der Waals surface area contributed by atoms with Crippen molar-refractivity contribution >= 4 is 0 Å². The van der Waals surface area contributed by atoms with Crippen LogP contribution in [0.3, 0.4) is 0 Å². The molecule has 5 heteroatoms. The molecule has 1 aliphatic carbocycles. The number of hydrogen-bond donors (Lipinski definition) is 0. The van der Waals surface area contributed by atoms with E-state index in [2.05, 4.69) is 48.5 Å². The van der Waals surface area contributed by atoms with Crippen molar-refractivity contribution in [1.82, 2.24) is 0 Å². The summed E-state index contributed by atoms with van der Waals surface area (Å²) < 4.78 is 30.5. The van der Waals surface area contributed by atoms with Crippen molar-refractivity contribution in [2.45, 2.75) is 139 Å². The van der Waals surface area contributed by atoms with E-state index in [1.54, 1.807) is 0 Å². The third-order valence-electron chi connectivity index (χ3n) is 8.91. The van der Waals surface area contributed by atoms with Crippen molar-refractivity contribution in [1.29, 1.82) is 0 Å². The molecule has 5 fully saturated rings. The summed E-state index contributed by atoms with van der Waals surface area (Å²) in [7, 11) is 0. The van der Waals surface area contributed by atoms with Crippen LogP contribution in [0.15, 0.2) is 0 Å². The maximum Gasteiger partial charge on any atom is 0.110 e. The van der Waals surface area contributed by atoms with Gasteiger partial charge in [0.15, 0.2) is 0 Å². The molecule has 5 aliphatic rings. The van der Waals surface area contributed by atoms with E-state index in [9.17, 15) is 0 Å². The molecule has 4 saturated heterocycles. The molecule has 0 spiro atoms. The zero-order valence-electron chi connectivity index (χ0n) is 19.4. The first-order valence-corrected chi connectivity index (χ1v) is 11.8. The highest BCUT2D eigenvalue weighted by atomic mass is 16.7. The first-order chi connectivity index (χ1) is 13.4. The summed E-state index contributed by atoms with van der Waals surface area (Å²) in [6.45, 7) is 16.3. The van der Waals surface area contributed by atoms with E-state index < -0.39 is 0 Å². The lowest BCUT2D eigenvalue weighted by molar-refractivity contribution is -0.104. The van der Waals surface area contributed by atoms with E-state index in [0.717, 1.165) is 38.5 Å². The number of epoxide rings is 4. The Morgan fingerprint density at radius 3 is 2.17 bits per heavy atom. The Labute approximate surface area is 176 Å². The number of hydrogen-bond acceptors (Lipinski definition) is 5. The maximum absolute atomic E-state index is 6.60. The van der Waals surface area contributed by atoms with E-state index in [1.165, 1.54) is 0 Å². The molecule has 4 aliphatic heterocycles. The minimum Gasteiger partial charge on any atom is -0.372 e. The monoisotopic (exact) mass is 408 g/mol. The van der Waals surface area contributed by atoms with Crippen molar-refractivity contribution in [3.8, 4) is 0 Å². The lowest BCUT2D eigenvalue weighted by Gasteiger charge is -2.40. The van der Waals surface area contributed by atoms with Gasteiger partial charge in [0.2, 0.25) is 0 Å². The van der Waals surface area contributed by atoms with Crippen molar-refractivity contribution in [2.24, 2.45) is 5.92 Å². The maximum atomic E-state index is 6.60. The van der Waals surface area contributed by atoms with Gasteiger partial charge >= 0.3 is 0 Å². The summed E-state index contributed by atoms with van der Waals surface area (Å²) in [5.74, 6) is 0.491. The molecule has 5 rings (SSSR count). The van der Waals surface area contributed by atoms with Crippen LogP contribution in [-0.2, 0) is 23.7 Å².